The van der Waals surface area contributed by atoms with E-state index < -0.39 is 11.7 Å². The molecule has 6 N–H and O–H groups in total. The zero-order valence-corrected chi connectivity index (χ0v) is 21.5. The van der Waals surface area contributed by atoms with Crippen LogP contribution in [-0.2, 0) is 4.79 Å². The number of aliphatic hydroxyl groups is 1. The standard InChI is InChI=1S/C29H31FN6O3/c1-32-27(12-15-31)29(39)35-22-8-11-26(25(30)18-22)33-20-4-6-21(7-5-20)34-28(38)19-2-9-23(10-3-19)36-16-13-24(37)14-17-36/h2-12,15,18,24,31-33,37H,13-14,16-17H2,1H3,(H,34,38)(H,35,39)/b27-12-,31-15?. The highest BCUT2D eigenvalue weighted by atomic mass is 19.1. The van der Waals surface area contributed by atoms with Crippen molar-refractivity contribution in [1.82, 2.24) is 5.32 Å². The molecule has 1 saturated heterocycles. The second-order valence-corrected chi connectivity index (χ2v) is 9.07. The number of nitrogens with zero attached hydrogens (tertiary/aromatic N) is 1. The van der Waals surface area contributed by atoms with Gasteiger partial charge in [-0.1, -0.05) is 0 Å². The summed E-state index contributed by atoms with van der Waals surface area (Å²) < 4.78 is 14.7. The molecule has 39 heavy (non-hydrogen) atoms. The van der Waals surface area contributed by atoms with Crippen molar-refractivity contribution in [3.63, 3.8) is 0 Å². The highest BCUT2D eigenvalue weighted by molar-refractivity contribution is 6.05. The number of rotatable bonds is 9. The van der Waals surface area contributed by atoms with Gasteiger partial charge in [0.25, 0.3) is 11.8 Å². The van der Waals surface area contributed by atoms with Gasteiger partial charge in [-0.2, -0.15) is 0 Å². The van der Waals surface area contributed by atoms with Crippen molar-refractivity contribution < 1.29 is 19.1 Å². The molecule has 202 valence electrons. The predicted molar refractivity (Wildman–Crippen MR) is 153 cm³/mol. The fourth-order valence-corrected chi connectivity index (χ4v) is 4.19. The zero-order valence-electron chi connectivity index (χ0n) is 21.5. The molecule has 1 aliphatic heterocycles. The van der Waals surface area contributed by atoms with Crippen LogP contribution in [0.5, 0.6) is 0 Å². The number of carbonyl (C=O) groups excluding carboxylic acids is 2. The van der Waals surface area contributed by atoms with E-state index in [0.29, 0.717) is 16.9 Å². The number of piperidine rings is 1. The molecule has 4 rings (SSSR count). The Morgan fingerprint density at radius 3 is 2.21 bits per heavy atom. The molecule has 0 unspecified atom stereocenters. The third-order valence-corrected chi connectivity index (χ3v) is 6.37. The molecule has 0 aliphatic carbocycles. The first-order chi connectivity index (χ1) is 18.9. The Bertz CT molecular complexity index is 1350. The summed E-state index contributed by atoms with van der Waals surface area (Å²) >= 11 is 0. The number of hydrogen-bond donors (Lipinski definition) is 6. The number of hydrogen-bond acceptors (Lipinski definition) is 7. The number of halogens is 1. The Labute approximate surface area is 226 Å². The summed E-state index contributed by atoms with van der Waals surface area (Å²) in [5.41, 5.74) is 3.44. The number of benzene rings is 3. The Morgan fingerprint density at radius 2 is 1.59 bits per heavy atom. The third-order valence-electron chi connectivity index (χ3n) is 6.37. The average molecular weight is 531 g/mol. The molecular weight excluding hydrogens is 499 g/mol. The molecule has 0 atom stereocenters. The van der Waals surface area contributed by atoms with Crippen LogP contribution >= 0.6 is 0 Å². The second kappa shape index (κ2) is 12.7. The molecule has 3 aromatic rings. The third kappa shape index (κ3) is 7.20. The highest BCUT2D eigenvalue weighted by Gasteiger charge is 2.17. The Kier molecular flexibility index (Phi) is 8.90. The van der Waals surface area contributed by atoms with E-state index in [2.05, 4.69) is 26.2 Å². The first-order valence-electron chi connectivity index (χ1n) is 12.6. The molecule has 1 aliphatic rings. The summed E-state index contributed by atoms with van der Waals surface area (Å²) in [5.74, 6) is -1.29. The zero-order chi connectivity index (χ0) is 27.8. The molecule has 0 saturated carbocycles. The van der Waals surface area contributed by atoms with Gasteiger partial charge in [-0.15, -0.1) is 0 Å². The summed E-state index contributed by atoms with van der Waals surface area (Å²) in [4.78, 5) is 27.1. The van der Waals surface area contributed by atoms with E-state index in [1.54, 1.807) is 49.5 Å². The number of carbonyl (C=O) groups is 2. The highest BCUT2D eigenvalue weighted by Crippen LogP contribution is 2.25. The van der Waals surface area contributed by atoms with E-state index in [1.165, 1.54) is 18.2 Å². The second-order valence-electron chi connectivity index (χ2n) is 9.07. The molecule has 0 bridgehead atoms. The van der Waals surface area contributed by atoms with Crippen LogP contribution in [0.4, 0.5) is 32.8 Å². The maximum Gasteiger partial charge on any atom is 0.271 e. The summed E-state index contributed by atoms with van der Waals surface area (Å²) in [7, 11) is 1.56. The number of amides is 2. The topological polar surface area (TPSA) is 130 Å². The lowest BCUT2D eigenvalue weighted by Crippen LogP contribution is -2.35. The molecule has 0 spiro atoms. The van der Waals surface area contributed by atoms with E-state index in [1.807, 2.05) is 12.1 Å². The average Bonchev–Trinajstić information content (AvgIpc) is 2.94. The Hall–Kier alpha value is -4.70. The quantitative estimate of drug-likeness (QED) is 0.179. The molecule has 1 fully saturated rings. The van der Waals surface area contributed by atoms with Crippen LogP contribution in [0.3, 0.4) is 0 Å². The van der Waals surface area contributed by atoms with Crippen LogP contribution < -0.4 is 26.2 Å². The molecule has 2 amide bonds. The number of likely N-dealkylation sites (N-methyl/N-ethyl adjacent to an activating group) is 1. The number of anilines is 5. The first kappa shape index (κ1) is 27.3. The number of aliphatic hydroxyl groups excluding tert-OH is 1. The maximum atomic E-state index is 14.7. The molecular formula is C29H31FN6O3. The summed E-state index contributed by atoms with van der Waals surface area (Å²) in [6, 6.07) is 18.5. The molecule has 1 heterocycles. The predicted octanol–water partition coefficient (Wildman–Crippen LogP) is 4.47. The van der Waals surface area contributed by atoms with Crippen molar-refractivity contribution in [3.8, 4) is 0 Å². The van der Waals surface area contributed by atoms with Crippen LogP contribution in [0.25, 0.3) is 0 Å². The molecule has 0 aromatic heterocycles. The molecule has 9 nitrogen and oxygen atoms in total. The van der Waals surface area contributed by atoms with Crippen LogP contribution in [-0.4, -0.2) is 49.4 Å². The Balaban J connectivity index is 1.33. The minimum atomic E-state index is -0.559. The molecule has 10 heteroatoms. The van der Waals surface area contributed by atoms with Crippen molar-refractivity contribution >= 4 is 46.5 Å². The van der Waals surface area contributed by atoms with Crippen LogP contribution in [0.2, 0.25) is 0 Å². The lowest BCUT2D eigenvalue weighted by atomic mass is 10.1. The van der Waals surface area contributed by atoms with Gasteiger partial charge in [-0.05, 0) is 85.6 Å². The summed E-state index contributed by atoms with van der Waals surface area (Å²) in [5, 5.41) is 27.9. The van der Waals surface area contributed by atoms with Gasteiger partial charge in [0.15, 0.2) is 0 Å². The summed E-state index contributed by atoms with van der Waals surface area (Å²) in [6.45, 7) is 1.58. The van der Waals surface area contributed by atoms with Gasteiger partial charge in [-0.3, -0.25) is 9.59 Å². The molecule has 3 aromatic carbocycles. The number of allylic oxidation sites excluding steroid dienone is 1. The van der Waals surface area contributed by atoms with Crippen molar-refractivity contribution in [2.24, 2.45) is 0 Å². The van der Waals surface area contributed by atoms with Gasteiger partial charge < -0.3 is 36.7 Å². The van der Waals surface area contributed by atoms with Crippen LogP contribution in [0.15, 0.2) is 78.5 Å². The largest absolute Gasteiger partial charge is 0.393 e. The van der Waals surface area contributed by atoms with Gasteiger partial charge in [0.2, 0.25) is 0 Å². The first-order valence-corrected chi connectivity index (χ1v) is 12.6. The van der Waals surface area contributed by atoms with E-state index in [4.69, 9.17) is 5.41 Å². The van der Waals surface area contributed by atoms with E-state index in [-0.39, 0.29) is 29.1 Å². The van der Waals surface area contributed by atoms with E-state index >= 15 is 0 Å². The van der Waals surface area contributed by atoms with Gasteiger partial charge in [0.05, 0.1) is 11.8 Å². The van der Waals surface area contributed by atoms with Gasteiger partial charge in [0, 0.05) is 54.7 Å². The Morgan fingerprint density at radius 1 is 0.949 bits per heavy atom. The molecule has 0 radical (unpaired) electrons. The van der Waals surface area contributed by atoms with Crippen molar-refractivity contribution in [2.45, 2.75) is 18.9 Å². The maximum absolute atomic E-state index is 14.7. The van der Waals surface area contributed by atoms with Gasteiger partial charge in [-0.25, -0.2) is 4.39 Å². The minimum absolute atomic E-state index is 0.177. The summed E-state index contributed by atoms with van der Waals surface area (Å²) in [6.07, 6.45) is 3.53. The van der Waals surface area contributed by atoms with Crippen LogP contribution in [0.1, 0.15) is 23.2 Å². The normalized spacial score (nSPS) is 13.9. The van der Waals surface area contributed by atoms with Gasteiger partial charge in [0.1, 0.15) is 11.5 Å². The lowest BCUT2D eigenvalue weighted by Gasteiger charge is -2.31. The van der Waals surface area contributed by atoms with E-state index in [0.717, 1.165) is 37.8 Å². The monoisotopic (exact) mass is 530 g/mol. The number of nitrogens with one attached hydrogen (secondary N) is 5. The SMILES string of the molecule is CN/C(=C\C=N)C(=O)Nc1ccc(Nc2ccc(NC(=O)c3ccc(N4CCC(O)CC4)cc3)cc2)c(F)c1. The van der Waals surface area contributed by atoms with E-state index in [9.17, 15) is 19.1 Å². The van der Waals surface area contributed by atoms with Crippen molar-refractivity contribution in [2.75, 3.05) is 41.0 Å². The smallest absolute Gasteiger partial charge is 0.271 e. The van der Waals surface area contributed by atoms with Crippen molar-refractivity contribution in [1.29, 1.82) is 5.41 Å². The fourth-order valence-electron chi connectivity index (χ4n) is 4.19. The minimum Gasteiger partial charge on any atom is -0.393 e. The fraction of sp³-hybridized carbons (Fsp3) is 0.207. The van der Waals surface area contributed by atoms with Gasteiger partial charge >= 0.3 is 0 Å². The van der Waals surface area contributed by atoms with Crippen LogP contribution in [0, 0.1) is 11.2 Å². The van der Waals surface area contributed by atoms with Crippen molar-refractivity contribution in [3.05, 3.63) is 89.9 Å². The lowest BCUT2D eigenvalue weighted by molar-refractivity contribution is -0.113.